The number of rotatable bonds is 6. The third kappa shape index (κ3) is 3.43. The topological polar surface area (TPSA) is 99.6 Å². The number of nitrogens with one attached hydrogen (secondary N) is 1. The predicted octanol–water partition coefficient (Wildman–Crippen LogP) is 1.21. The Labute approximate surface area is 113 Å². The van der Waals surface area contributed by atoms with Crippen molar-refractivity contribution in [1.29, 1.82) is 0 Å². The fourth-order valence-corrected chi connectivity index (χ4v) is 1.45. The maximum Gasteiger partial charge on any atom is 0.224 e. The summed E-state index contributed by atoms with van der Waals surface area (Å²) in [6, 6.07) is 3.39. The molecular weight excluding hydrogens is 246 g/mol. The van der Waals surface area contributed by atoms with Crippen molar-refractivity contribution in [2.24, 2.45) is 11.1 Å². The Morgan fingerprint density at radius 2 is 1.79 bits per heavy atom. The SMILES string of the molecule is COc1cc(N)c(NCC(C)(C)C(N)=O)cc1OC. The van der Waals surface area contributed by atoms with Gasteiger partial charge in [-0.15, -0.1) is 0 Å². The van der Waals surface area contributed by atoms with E-state index >= 15 is 0 Å². The van der Waals surface area contributed by atoms with Crippen LogP contribution < -0.4 is 26.3 Å². The van der Waals surface area contributed by atoms with Gasteiger partial charge < -0.3 is 26.3 Å². The molecular formula is C13H21N3O3. The second-order valence-corrected chi connectivity index (χ2v) is 4.90. The Morgan fingerprint density at radius 1 is 1.26 bits per heavy atom. The molecule has 0 radical (unpaired) electrons. The molecule has 0 saturated carbocycles. The number of carbonyl (C=O) groups excluding carboxylic acids is 1. The fraction of sp³-hybridized carbons (Fsp3) is 0.462. The van der Waals surface area contributed by atoms with Crippen molar-refractivity contribution < 1.29 is 14.3 Å². The van der Waals surface area contributed by atoms with E-state index in [1.807, 2.05) is 0 Å². The van der Waals surface area contributed by atoms with Gasteiger partial charge in [0.15, 0.2) is 11.5 Å². The number of nitrogens with two attached hydrogens (primary N) is 2. The number of nitrogen functional groups attached to an aromatic ring is 1. The van der Waals surface area contributed by atoms with Gasteiger partial charge in [0.05, 0.1) is 31.0 Å². The maximum absolute atomic E-state index is 11.3. The Balaban J connectivity index is 2.93. The first-order chi connectivity index (χ1) is 8.81. The van der Waals surface area contributed by atoms with Crippen LogP contribution in [0.1, 0.15) is 13.8 Å². The van der Waals surface area contributed by atoms with Crippen molar-refractivity contribution >= 4 is 17.3 Å². The zero-order valence-corrected chi connectivity index (χ0v) is 11.7. The Kier molecular flexibility index (Phi) is 4.47. The van der Waals surface area contributed by atoms with Crippen molar-refractivity contribution in [2.75, 3.05) is 31.8 Å². The highest BCUT2D eigenvalue weighted by Crippen LogP contribution is 2.35. The molecule has 1 aromatic carbocycles. The zero-order valence-electron chi connectivity index (χ0n) is 11.7. The van der Waals surface area contributed by atoms with Crippen molar-refractivity contribution in [3.8, 4) is 11.5 Å². The molecule has 5 N–H and O–H groups in total. The van der Waals surface area contributed by atoms with E-state index in [-0.39, 0.29) is 5.91 Å². The Morgan fingerprint density at radius 3 is 2.26 bits per heavy atom. The van der Waals surface area contributed by atoms with Gasteiger partial charge in [0, 0.05) is 18.7 Å². The lowest BCUT2D eigenvalue weighted by Crippen LogP contribution is -2.37. The van der Waals surface area contributed by atoms with E-state index in [2.05, 4.69) is 5.32 Å². The molecule has 0 aliphatic heterocycles. The highest BCUT2D eigenvalue weighted by atomic mass is 16.5. The lowest BCUT2D eigenvalue weighted by molar-refractivity contribution is -0.125. The second-order valence-electron chi connectivity index (χ2n) is 4.90. The van der Waals surface area contributed by atoms with E-state index in [4.69, 9.17) is 20.9 Å². The monoisotopic (exact) mass is 267 g/mol. The summed E-state index contributed by atoms with van der Waals surface area (Å²) in [5, 5.41) is 3.10. The first-order valence-electron chi connectivity index (χ1n) is 5.87. The standard InChI is InChI=1S/C13H21N3O3/c1-13(2,12(15)17)7-16-9-6-11(19-4)10(18-3)5-8(9)14/h5-6,16H,7,14H2,1-4H3,(H2,15,17). The molecule has 0 aliphatic rings. The summed E-state index contributed by atoms with van der Waals surface area (Å²) in [4.78, 5) is 11.3. The summed E-state index contributed by atoms with van der Waals surface area (Å²) in [7, 11) is 3.09. The predicted molar refractivity (Wildman–Crippen MR) is 75.4 cm³/mol. The van der Waals surface area contributed by atoms with E-state index in [0.29, 0.717) is 29.4 Å². The van der Waals surface area contributed by atoms with Crippen LogP contribution in [-0.2, 0) is 4.79 Å². The molecule has 0 aliphatic carbocycles. The van der Waals surface area contributed by atoms with Gasteiger partial charge in [-0.3, -0.25) is 4.79 Å². The van der Waals surface area contributed by atoms with Crippen LogP contribution in [0.4, 0.5) is 11.4 Å². The maximum atomic E-state index is 11.3. The summed E-state index contributed by atoms with van der Waals surface area (Å²) in [5.41, 5.74) is 11.7. The summed E-state index contributed by atoms with van der Waals surface area (Å²) >= 11 is 0. The van der Waals surface area contributed by atoms with Crippen LogP contribution in [0.15, 0.2) is 12.1 Å². The quantitative estimate of drug-likeness (QED) is 0.673. The van der Waals surface area contributed by atoms with Crippen LogP contribution in [0.2, 0.25) is 0 Å². The van der Waals surface area contributed by atoms with Gasteiger partial charge >= 0.3 is 0 Å². The minimum atomic E-state index is -0.667. The largest absolute Gasteiger partial charge is 0.493 e. The van der Waals surface area contributed by atoms with Crippen LogP contribution in [0.25, 0.3) is 0 Å². The Bertz CT molecular complexity index is 472. The van der Waals surface area contributed by atoms with Crippen LogP contribution in [-0.4, -0.2) is 26.7 Å². The van der Waals surface area contributed by atoms with Gasteiger partial charge in [0.25, 0.3) is 0 Å². The fourth-order valence-electron chi connectivity index (χ4n) is 1.45. The summed E-state index contributed by atoms with van der Waals surface area (Å²) in [6.45, 7) is 3.90. The molecule has 0 fully saturated rings. The average molecular weight is 267 g/mol. The third-order valence-corrected chi connectivity index (χ3v) is 2.94. The number of benzene rings is 1. The molecule has 1 rings (SSSR count). The van der Waals surface area contributed by atoms with Crippen molar-refractivity contribution in [2.45, 2.75) is 13.8 Å². The van der Waals surface area contributed by atoms with Crippen molar-refractivity contribution in [3.05, 3.63) is 12.1 Å². The van der Waals surface area contributed by atoms with Gasteiger partial charge in [-0.2, -0.15) is 0 Å². The molecule has 0 unspecified atom stereocenters. The molecule has 0 saturated heterocycles. The number of carbonyl (C=O) groups is 1. The summed E-state index contributed by atoms with van der Waals surface area (Å²) < 4.78 is 10.3. The number of amides is 1. The van der Waals surface area contributed by atoms with E-state index in [1.165, 1.54) is 0 Å². The first-order valence-corrected chi connectivity index (χ1v) is 5.87. The lowest BCUT2D eigenvalue weighted by Gasteiger charge is -2.22. The Hall–Kier alpha value is -2.11. The average Bonchev–Trinajstić information content (AvgIpc) is 2.36. The van der Waals surface area contributed by atoms with Crippen LogP contribution in [0.5, 0.6) is 11.5 Å². The molecule has 6 heteroatoms. The third-order valence-electron chi connectivity index (χ3n) is 2.94. The smallest absolute Gasteiger partial charge is 0.224 e. The van der Waals surface area contributed by atoms with Gasteiger partial charge in [-0.25, -0.2) is 0 Å². The summed E-state index contributed by atoms with van der Waals surface area (Å²) in [6.07, 6.45) is 0. The molecule has 106 valence electrons. The van der Waals surface area contributed by atoms with Gasteiger partial charge in [-0.05, 0) is 13.8 Å². The molecule has 0 bridgehead atoms. The highest BCUT2D eigenvalue weighted by molar-refractivity contribution is 5.81. The molecule has 19 heavy (non-hydrogen) atoms. The number of methoxy groups -OCH3 is 2. The number of hydrogen-bond donors (Lipinski definition) is 3. The van der Waals surface area contributed by atoms with Gasteiger partial charge in [0.2, 0.25) is 5.91 Å². The van der Waals surface area contributed by atoms with Crippen molar-refractivity contribution in [1.82, 2.24) is 0 Å². The van der Waals surface area contributed by atoms with Gasteiger partial charge in [-0.1, -0.05) is 0 Å². The molecule has 1 amide bonds. The molecule has 0 atom stereocenters. The van der Waals surface area contributed by atoms with Crippen LogP contribution in [0.3, 0.4) is 0 Å². The minimum Gasteiger partial charge on any atom is -0.493 e. The zero-order chi connectivity index (χ0) is 14.6. The van der Waals surface area contributed by atoms with Gasteiger partial charge in [0.1, 0.15) is 0 Å². The molecule has 0 aromatic heterocycles. The van der Waals surface area contributed by atoms with E-state index < -0.39 is 5.41 Å². The van der Waals surface area contributed by atoms with Crippen LogP contribution >= 0.6 is 0 Å². The summed E-state index contributed by atoms with van der Waals surface area (Å²) in [5.74, 6) is 0.745. The highest BCUT2D eigenvalue weighted by Gasteiger charge is 2.25. The molecule has 0 spiro atoms. The number of hydrogen-bond acceptors (Lipinski definition) is 5. The second kappa shape index (κ2) is 5.69. The first kappa shape index (κ1) is 14.9. The normalized spacial score (nSPS) is 10.9. The van der Waals surface area contributed by atoms with Crippen molar-refractivity contribution in [3.63, 3.8) is 0 Å². The van der Waals surface area contributed by atoms with E-state index in [0.717, 1.165) is 0 Å². The van der Waals surface area contributed by atoms with Crippen LogP contribution in [0, 0.1) is 5.41 Å². The molecule has 6 nitrogen and oxygen atoms in total. The number of primary amides is 1. The number of anilines is 2. The molecule has 1 aromatic rings. The van der Waals surface area contributed by atoms with E-state index in [1.54, 1.807) is 40.2 Å². The molecule has 0 heterocycles. The lowest BCUT2D eigenvalue weighted by atomic mass is 9.92. The number of ether oxygens (including phenoxy) is 2. The van der Waals surface area contributed by atoms with E-state index in [9.17, 15) is 4.79 Å². The minimum absolute atomic E-state index is 0.376.